The highest BCUT2D eigenvalue weighted by molar-refractivity contribution is 7.16. The van der Waals surface area contributed by atoms with Gasteiger partial charge in [0.05, 0.1) is 5.69 Å². The Hall–Kier alpha value is -3.33. The first kappa shape index (κ1) is 21.4. The van der Waals surface area contributed by atoms with Crippen LogP contribution in [0, 0.1) is 18.6 Å². The number of hydrogen-bond acceptors (Lipinski definition) is 4. The Bertz CT molecular complexity index is 1040. The molecule has 3 aromatic rings. The van der Waals surface area contributed by atoms with Crippen LogP contribution in [0.1, 0.15) is 16.9 Å². The van der Waals surface area contributed by atoms with Gasteiger partial charge in [0.2, 0.25) is 5.91 Å². The number of amides is 3. The van der Waals surface area contributed by atoms with Gasteiger partial charge in [-0.3, -0.25) is 4.79 Å². The summed E-state index contributed by atoms with van der Waals surface area (Å²) in [7, 11) is 0. The largest absolute Gasteiger partial charge is 0.338 e. The molecule has 0 saturated heterocycles. The molecule has 0 saturated carbocycles. The van der Waals surface area contributed by atoms with E-state index in [1.54, 1.807) is 6.92 Å². The molecule has 3 rings (SSSR count). The van der Waals surface area contributed by atoms with Crippen molar-refractivity contribution in [3.05, 3.63) is 70.6 Å². The van der Waals surface area contributed by atoms with Crippen molar-refractivity contribution in [2.75, 3.05) is 11.9 Å². The third kappa shape index (κ3) is 5.84. The summed E-state index contributed by atoms with van der Waals surface area (Å²) in [4.78, 5) is 28.9. The van der Waals surface area contributed by atoms with Crippen LogP contribution in [0.3, 0.4) is 0 Å². The van der Waals surface area contributed by atoms with Gasteiger partial charge in [-0.05, 0) is 30.7 Å². The molecule has 0 aliphatic rings. The van der Waals surface area contributed by atoms with E-state index in [9.17, 15) is 18.4 Å². The molecule has 156 valence electrons. The monoisotopic (exact) mass is 430 g/mol. The first-order valence-corrected chi connectivity index (χ1v) is 10.0. The number of carbonyl (C=O) groups is 2. The smallest absolute Gasteiger partial charge is 0.315 e. The zero-order valence-electron chi connectivity index (χ0n) is 16.2. The molecule has 0 aliphatic heterocycles. The number of thiazole rings is 1. The van der Waals surface area contributed by atoms with Crippen molar-refractivity contribution in [2.45, 2.75) is 19.9 Å². The summed E-state index contributed by atoms with van der Waals surface area (Å²) < 4.78 is 26.6. The van der Waals surface area contributed by atoms with Gasteiger partial charge in [-0.15, -0.1) is 11.3 Å². The lowest BCUT2D eigenvalue weighted by Gasteiger charge is -2.07. The van der Waals surface area contributed by atoms with E-state index in [2.05, 4.69) is 20.9 Å². The first-order valence-electron chi connectivity index (χ1n) is 9.20. The summed E-state index contributed by atoms with van der Waals surface area (Å²) in [5, 5.41) is 8.34. The third-order valence-corrected chi connectivity index (χ3v) is 5.06. The molecule has 0 unspecified atom stereocenters. The van der Waals surface area contributed by atoms with Gasteiger partial charge in [0, 0.05) is 30.0 Å². The van der Waals surface area contributed by atoms with Crippen molar-refractivity contribution < 1.29 is 18.4 Å². The Morgan fingerprint density at radius 3 is 2.53 bits per heavy atom. The molecule has 0 atom stereocenters. The second-order valence-electron chi connectivity index (χ2n) is 6.45. The first-order chi connectivity index (χ1) is 14.4. The highest BCUT2D eigenvalue weighted by Gasteiger charge is 2.14. The SMILES string of the molecule is Cc1sc(NC(=O)CCNC(=O)NCc2ccccc2)nc1-c1ccc(F)c(F)c1. The average Bonchev–Trinajstić information content (AvgIpc) is 3.09. The van der Waals surface area contributed by atoms with Crippen LogP contribution < -0.4 is 16.0 Å². The third-order valence-electron chi connectivity index (χ3n) is 4.17. The number of benzene rings is 2. The predicted molar refractivity (Wildman–Crippen MR) is 112 cm³/mol. The lowest BCUT2D eigenvalue weighted by Crippen LogP contribution is -2.36. The van der Waals surface area contributed by atoms with Gasteiger partial charge in [-0.2, -0.15) is 0 Å². The van der Waals surface area contributed by atoms with Crippen molar-refractivity contribution in [3.63, 3.8) is 0 Å². The molecule has 6 nitrogen and oxygen atoms in total. The molecular weight excluding hydrogens is 410 g/mol. The second kappa shape index (κ2) is 9.93. The van der Waals surface area contributed by atoms with Crippen LogP contribution in [0.4, 0.5) is 18.7 Å². The number of aryl methyl sites for hydroxylation is 1. The normalized spacial score (nSPS) is 10.5. The number of carbonyl (C=O) groups excluding carboxylic acids is 2. The Balaban J connectivity index is 1.46. The van der Waals surface area contributed by atoms with Crippen molar-refractivity contribution >= 4 is 28.4 Å². The van der Waals surface area contributed by atoms with Gasteiger partial charge in [0.15, 0.2) is 16.8 Å². The van der Waals surface area contributed by atoms with Crippen molar-refractivity contribution in [2.24, 2.45) is 0 Å². The Morgan fingerprint density at radius 1 is 1.03 bits per heavy atom. The fourth-order valence-corrected chi connectivity index (χ4v) is 3.53. The molecule has 0 bridgehead atoms. The molecule has 9 heteroatoms. The molecular formula is C21H20F2N4O2S. The molecule has 0 aliphatic carbocycles. The van der Waals surface area contributed by atoms with Gasteiger partial charge in [-0.25, -0.2) is 18.6 Å². The standard InChI is InChI=1S/C21H20F2N4O2S/c1-13-19(15-7-8-16(22)17(23)11-15)27-21(30-13)26-18(28)9-10-24-20(29)25-12-14-5-3-2-4-6-14/h2-8,11H,9-10,12H2,1H3,(H2,24,25,29)(H,26,27,28). The summed E-state index contributed by atoms with van der Waals surface area (Å²) in [6, 6.07) is 12.7. The number of rotatable bonds is 7. The molecule has 3 amide bonds. The van der Waals surface area contributed by atoms with E-state index >= 15 is 0 Å². The van der Waals surface area contributed by atoms with E-state index in [4.69, 9.17) is 0 Å². The van der Waals surface area contributed by atoms with Crippen LogP contribution in [0.5, 0.6) is 0 Å². The highest BCUT2D eigenvalue weighted by Crippen LogP contribution is 2.31. The van der Waals surface area contributed by atoms with Crippen LogP contribution in [-0.4, -0.2) is 23.5 Å². The summed E-state index contributed by atoms with van der Waals surface area (Å²) >= 11 is 1.23. The topological polar surface area (TPSA) is 83.1 Å². The lowest BCUT2D eigenvalue weighted by molar-refractivity contribution is -0.116. The maximum absolute atomic E-state index is 13.5. The summed E-state index contributed by atoms with van der Waals surface area (Å²) in [5.74, 6) is -2.20. The predicted octanol–water partition coefficient (Wildman–Crippen LogP) is 4.22. The number of anilines is 1. The zero-order valence-corrected chi connectivity index (χ0v) is 17.0. The minimum atomic E-state index is -0.956. The van der Waals surface area contributed by atoms with Crippen molar-refractivity contribution in [1.29, 1.82) is 0 Å². The summed E-state index contributed by atoms with van der Waals surface area (Å²) in [6.45, 7) is 2.33. The van der Waals surface area contributed by atoms with Crippen LogP contribution in [0.25, 0.3) is 11.3 Å². The van der Waals surface area contributed by atoms with E-state index in [0.29, 0.717) is 22.9 Å². The Kier molecular flexibility index (Phi) is 7.08. The summed E-state index contributed by atoms with van der Waals surface area (Å²) in [5.41, 5.74) is 1.88. The van der Waals surface area contributed by atoms with Crippen LogP contribution in [0.2, 0.25) is 0 Å². The van der Waals surface area contributed by atoms with E-state index in [-0.39, 0.29) is 24.9 Å². The van der Waals surface area contributed by atoms with E-state index < -0.39 is 11.6 Å². The maximum atomic E-state index is 13.5. The van der Waals surface area contributed by atoms with Crippen molar-refractivity contribution in [1.82, 2.24) is 15.6 Å². The molecule has 0 fully saturated rings. The quantitative estimate of drug-likeness (QED) is 0.525. The minimum Gasteiger partial charge on any atom is -0.338 e. The van der Waals surface area contributed by atoms with Crippen LogP contribution >= 0.6 is 11.3 Å². The highest BCUT2D eigenvalue weighted by atomic mass is 32.1. The summed E-state index contributed by atoms with van der Waals surface area (Å²) in [6.07, 6.45) is 0.0674. The molecule has 2 aromatic carbocycles. The fraction of sp³-hybridized carbons (Fsp3) is 0.190. The molecule has 1 aromatic heterocycles. The number of urea groups is 1. The number of nitrogens with zero attached hydrogens (tertiary/aromatic N) is 1. The number of halogens is 2. The molecule has 1 heterocycles. The van der Waals surface area contributed by atoms with Gasteiger partial charge in [-0.1, -0.05) is 30.3 Å². The van der Waals surface area contributed by atoms with E-state index in [1.165, 1.54) is 17.4 Å². The van der Waals surface area contributed by atoms with Crippen LogP contribution in [0.15, 0.2) is 48.5 Å². The van der Waals surface area contributed by atoms with E-state index in [0.717, 1.165) is 22.6 Å². The minimum absolute atomic E-state index is 0.0674. The van der Waals surface area contributed by atoms with Gasteiger partial charge in [0.25, 0.3) is 0 Å². The van der Waals surface area contributed by atoms with Gasteiger partial charge in [0.1, 0.15) is 0 Å². The molecule has 0 radical (unpaired) electrons. The number of hydrogen-bond donors (Lipinski definition) is 3. The van der Waals surface area contributed by atoms with Crippen LogP contribution in [-0.2, 0) is 11.3 Å². The average molecular weight is 430 g/mol. The van der Waals surface area contributed by atoms with Gasteiger partial charge >= 0.3 is 6.03 Å². The molecule has 3 N–H and O–H groups in total. The maximum Gasteiger partial charge on any atom is 0.315 e. The molecule has 30 heavy (non-hydrogen) atoms. The fourth-order valence-electron chi connectivity index (χ4n) is 2.67. The number of nitrogens with one attached hydrogen (secondary N) is 3. The van der Waals surface area contributed by atoms with Gasteiger partial charge < -0.3 is 16.0 Å². The second-order valence-corrected chi connectivity index (χ2v) is 7.65. The molecule has 0 spiro atoms. The Labute approximate surface area is 176 Å². The zero-order chi connectivity index (χ0) is 21.5. The van der Waals surface area contributed by atoms with Crippen molar-refractivity contribution in [3.8, 4) is 11.3 Å². The lowest BCUT2D eigenvalue weighted by atomic mass is 10.1. The van der Waals surface area contributed by atoms with E-state index in [1.807, 2.05) is 30.3 Å². The number of aromatic nitrogens is 1. The Morgan fingerprint density at radius 2 is 1.80 bits per heavy atom.